The van der Waals surface area contributed by atoms with Crippen molar-refractivity contribution in [2.75, 3.05) is 19.7 Å². The number of halogens is 4. The molecule has 1 unspecified atom stereocenters. The lowest BCUT2D eigenvalue weighted by Gasteiger charge is -2.22. The number of carbonyl (C=O) groups is 1. The first kappa shape index (κ1) is 21.6. The van der Waals surface area contributed by atoms with Crippen LogP contribution in [0.3, 0.4) is 0 Å². The zero-order valence-corrected chi connectivity index (χ0v) is 17.2. The van der Waals surface area contributed by atoms with E-state index < -0.39 is 17.8 Å². The van der Waals surface area contributed by atoms with Gasteiger partial charge in [0.15, 0.2) is 17.0 Å². The van der Waals surface area contributed by atoms with E-state index in [1.807, 2.05) is 0 Å². The lowest BCUT2D eigenvalue weighted by atomic mass is 10.1. The highest BCUT2D eigenvalue weighted by molar-refractivity contribution is 6.30. The predicted octanol–water partition coefficient (Wildman–Crippen LogP) is 4.30. The van der Waals surface area contributed by atoms with Crippen LogP contribution in [-0.4, -0.2) is 50.2 Å². The zero-order chi connectivity index (χ0) is 22.2. The van der Waals surface area contributed by atoms with E-state index in [-0.39, 0.29) is 29.6 Å². The molecule has 1 aromatic carbocycles. The van der Waals surface area contributed by atoms with Gasteiger partial charge < -0.3 is 10.0 Å². The van der Waals surface area contributed by atoms with Gasteiger partial charge in [0, 0.05) is 36.3 Å². The number of likely N-dealkylation sites (tertiary alicyclic amines) is 1. The van der Waals surface area contributed by atoms with Gasteiger partial charge in [0.25, 0.3) is 5.91 Å². The van der Waals surface area contributed by atoms with Crippen LogP contribution in [0.2, 0.25) is 5.02 Å². The van der Waals surface area contributed by atoms with Gasteiger partial charge >= 0.3 is 6.18 Å². The molecule has 1 amide bonds. The fourth-order valence-electron chi connectivity index (χ4n) is 3.77. The second-order valence-electron chi connectivity index (χ2n) is 7.63. The van der Waals surface area contributed by atoms with Gasteiger partial charge in [-0.1, -0.05) is 30.2 Å². The maximum atomic E-state index is 13.8. The topological polar surface area (TPSA) is 70.7 Å². The summed E-state index contributed by atoms with van der Waals surface area (Å²) in [7, 11) is 0. The quantitative estimate of drug-likeness (QED) is 0.643. The Labute approximate surface area is 181 Å². The summed E-state index contributed by atoms with van der Waals surface area (Å²) >= 11 is 5.87. The summed E-state index contributed by atoms with van der Waals surface area (Å²) in [4.78, 5) is 18.8. The van der Waals surface area contributed by atoms with Crippen molar-refractivity contribution in [1.29, 1.82) is 0 Å². The Morgan fingerprint density at radius 2 is 1.94 bits per heavy atom. The molecule has 2 aromatic heterocycles. The number of rotatable bonds is 3. The molecule has 164 valence electrons. The highest BCUT2D eigenvalue weighted by Gasteiger charge is 2.36. The number of nitrogens with zero attached hydrogens (tertiary/aromatic N) is 4. The summed E-state index contributed by atoms with van der Waals surface area (Å²) in [5, 5.41) is 13.9. The summed E-state index contributed by atoms with van der Waals surface area (Å²) in [5.74, 6) is -0.518. The van der Waals surface area contributed by atoms with E-state index in [1.165, 1.54) is 6.07 Å². The molecule has 3 aromatic rings. The predicted molar refractivity (Wildman–Crippen MR) is 109 cm³/mol. The Bertz CT molecular complexity index is 1100. The molecule has 31 heavy (non-hydrogen) atoms. The van der Waals surface area contributed by atoms with Crippen LogP contribution < -0.4 is 0 Å². The van der Waals surface area contributed by atoms with E-state index in [9.17, 15) is 23.1 Å². The second kappa shape index (κ2) is 8.47. The number of alkyl halides is 3. The van der Waals surface area contributed by atoms with Crippen molar-refractivity contribution in [1.82, 2.24) is 19.5 Å². The number of aromatic nitrogens is 3. The molecule has 6 nitrogen and oxygen atoms in total. The average Bonchev–Trinajstić information content (AvgIpc) is 3.02. The van der Waals surface area contributed by atoms with E-state index in [4.69, 9.17) is 11.6 Å². The SMILES string of the molecule is O=C(c1cc2nc(-c3ccc(Cl)cc3)cc(C(F)(F)F)n2n1)N1CCCCC(CO)C1. The molecule has 0 aliphatic carbocycles. The van der Waals surface area contributed by atoms with Gasteiger partial charge in [0.1, 0.15) is 0 Å². The number of amides is 1. The molecule has 0 saturated carbocycles. The van der Waals surface area contributed by atoms with Crippen LogP contribution in [0.1, 0.15) is 35.4 Å². The molecule has 1 fully saturated rings. The Hall–Kier alpha value is -2.65. The van der Waals surface area contributed by atoms with Crippen molar-refractivity contribution in [3.8, 4) is 11.3 Å². The molecule has 1 aliphatic rings. The Morgan fingerprint density at radius 3 is 2.61 bits per heavy atom. The van der Waals surface area contributed by atoms with Crippen molar-refractivity contribution in [2.24, 2.45) is 5.92 Å². The highest BCUT2D eigenvalue weighted by atomic mass is 35.5. The third kappa shape index (κ3) is 4.52. The molecule has 0 spiro atoms. The largest absolute Gasteiger partial charge is 0.433 e. The van der Waals surface area contributed by atoms with Crippen LogP contribution in [0, 0.1) is 5.92 Å². The number of hydrogen-bond donors (Lipinski definition) is 1. The standard InChI is InChI=1S/C21H20ClF3N4O2/c22-15-6-4-14(5-7-15)16-9-18(21(23,24)25)29-19(26-16)10-17(27-29)20(31)28-8-2-1-3-13(11-28)12-30/h4-7,9-10,13,30H,1-3,8,11-12H2. The van der Waals surface area contributed by atoms with Crippen LogP contribution in [0.4, 0.5) is 13.2 Å². The molecule has 1 saturated heterocycles. The molecule has 10 heteroatoms. The van der Waals surface area contributed by atoms with E-state index in [1.54, 1.807) is 29.2 Å². The average molecular weight is 453 g/mol. The van der Waals surface area contributed by atoms with Crippen LogP contribution in [0.25, 0.3) is 16.9 Å². The Morgan fingerprint density at radius 1 is 1.19 bits per heavy atom. The maximum absolute atomic E-state index is 13.8. The second-order valence-corrected chi connectivity index (χ2v) is 8.06. The van der Waals surface area contributed by atoms with Crippen molar-refractivity contribution in [3.05, 3.63) is 52.8 Å². The van der Waals surface area contributed by atoms with Crippen molar-refractivity contribution < 1.29 is 23.1 Å². The van der Waals surface area contributed by atoms with Gasteiger partial charge in [-0.25, -0.2) is 9.50 Å². The van der Waals surface area contributed by atoms with Crippen molar-refractivity contribution in [3.63, 3.8) is 0 Å². The molecule has 0 bridgehead atoms. The third-order valence-electron chi connectivity index (χ3n) is 5.39. The van der Waals surface area contributed by atoms with Crippen LogP contribution in [0.5, 0.6) is 0 Å². The number of aliphatic hydroxyl groups excluding tert-OH is 1. The molecule has 1 N–H and O–H groups in total. The zero-order valence-electron chi connectivity index (χ0n) is 16.4. The molecule has 4 rings (SSSR count). The summed E-state index contributed by atoms with van der Waals surface area (Å²) in [6, 6.07) is 8.48. The van der Waals surface area contributed by atoms with Crippen molar-refractivity contribution >= 4 is 23.2 Å². The van der Waals surface area contributed by atoms with Crippen LogP contribution in [0.15, 0.2) is 36.4 Å². The number of carbonyl (C=O) groups excluding carboxylic acids is 1. The third-order valence-corrected chi connectivity index (χ3v) is 5.64. The lowest BCUT2D eigenvalue weighted by molar-refractivity contribution is -0.142. The minimum Gasteiger partial charge on any atom is -0.396 e. The number of hydrogen-bond acceptors (Lipinski definition) is 4. The van der Waals surface area contributed by atoms with Crippen molar-refractivity contribution in [2.45, 2.75) is 25.4 Å². The molecule has 1 aliphatic heterocycles. The minimum atomic E-state index is -4.70. The first-order chi connectivity index (χ1) is 14.8. The van der Waals surface area contributed by atoms with E-state index in [0.29, 0.717) is 28.2 Å². The smallest absolute Gasteiger partial charge is 0.396 e. The lowest BCUT2D eigenvalue weighted by Crippen LogP contribution is -2.35. The first-order valence-corrected chi connectivity index (χ1v) is 10.3. The van der Waals surface area contributed by atoms with Gasteiger partial charge in [0.05, 0.1) is 5.69 Å². The summed E-state index contributed by atoms with van der Waals surface area (Å²) in [6.45, 7) is 0.775. The van der Waals surface area contributed by atoms with Gasteiger partial charge in [-0.15, -0.1) is 0 Å². The fraction of sp³-hybridized carbons (Fsp3) is 0.381. The number of fused-ring (bicyclic) bond motifs is 1. The minimum absolute atomic E-state index is 0.0425. The number of benzene rings is 1. The van der Waals surface area contributed by atoms with Gasteiger partial charge in [-0.3, -0.25) is 4.79 Å². The summed E-state index contributed by atoms with van der Waals surface area (Å²) < 4.78 is 41.9. The van der Waals surface area contributed by atoms with Gasteiger partial charge in [0.2, 0.25) is 0 Å². The van der Waals surface area contributed by atoms with Gasteiger partial charge in [-0.05, 0) is 37.0 Å². The summed E-state index contributed by atoms with van der Waals surface area (Å²) in [5.41, 5.74) is -0.637. The molecule has 1 atom stereocenters. The first-order valence-electron chi connectivity index (χ1n) is 9.90. The Balaban J connectivity index is 1.76. The number of aliphatic hydroxyl groups is 1. The molecular weight excluding hydrogens is 433 g/mol. The van der Waals surface area contributed by atoms with Crippen LogP contribution >= 0.6 is 11.6 Å². The highest BCUT2D eigenvalue weighted by Crippen LogP contribution is 2.33. The van der Waals surface area contributed by atoms with E-state index >= 15 is 0 Å². The fourth-order valence-corrected chi connectivity index (χ4v) is 3.90. The molecule has 0 radical (unpaired) electrons. The Kier molecular flexibility index (Phi) is 5.90. The molecular formula is C21H20ClF3N4O2. The van der Waals surface area contributed by atoms with Crippen LogP contribution in [-0.2, 0) is 6.18 Å². The molecule has 3 heterocycles. The monoisotopic (exact) mass is 452 g/mol. The summed E-state index contributed by atoms with van der Waals surface area (Å²) in [6.07, 6.45) is -2.25. The normalized spacial score (nSPS) is 17.7. The van der Waals surface area contributed by atoms with Gasteiger partial charge in [-0.2, -0.15) is 18.3 Å². The van der Waals surface area contributed by atoms with E-state index in [0.717, 1.165) is 25.3 Å². The maximum Gasteiger partial charge on any atom is 0.433 e. The van der Waals surface area contributed by atoms with E-state index in [2.05, 4.69) is 10.1 Å².